The normalized spacial score (nSPS) is 11.9. The first-order valence-corrected chi connectivity index (χ1v) is 7.80. The summed E-state index contributed by atoms with van der Waals surface area (Å²) >= 11 is 0. The number of nitrogens with two attached hydrogens (primary N) is 1. The Hall–Kier alpha value is -2.68. The third kappa shape index (κ3) is 2.38. The minimum atomic E-state index is -3.25. The zero-order valence-electron chi connectivity index (χ0n) is 10.9. The number of aromatic nitrogens is 4. The monoisotopic (exact) mass is 305 g/mol. The lowest BCUT2D eigenvalue weighted by Crippen LogP contribution is -2.10. The summed E-state index contributed by atoms with van der Waals surface area (Å²) in [6, 6.07) is 6.16. The number of nitrogen functional groups attached to an aromatic ring is 1. The van der Waals surface area contributed by atoms with Crippen LogP contribution in [-0.2, 0) is 9.84 Å². The Morgan fingerprint density at radius 1 is 1.10 bits per heavy atom. The largest absolute Gasteiger partial charge is 0.369 e. The number of hydrogen-bond donors (Lipinski definition) is 3. The second-order valence-corrected chi connectivity index (χ2v) is 6.55. The van der Waals surface area contributed by atoms with Crippen LogP contribution < -0.4 is 11.3 Å². The fraction of sp³-hybridized carbons (Fsp3) is 0.0833. The zero-order valence-corrected chi connectivity index (χ0v) is 11.7. The summed E-state index contributed by atoms with van der Waals surface area (Å²) in [4.78, 5) is 25.2. The second-order valence-electron chi connectivity index (χ2n) is 4.53. The SMILES string of the molecule is CS(=O)(=O)c1ccc(-c2nc3nc(N)[nH]c(=O)c3[nH]2)cc1. The van der Waals surface area contributed by atoms with E-state index in [0.29, 0.717) is 11.4 Å². The van der Waals surface area contributed by atoms with E-state index in [1.54, 1.807) is 12.1 Å². The van der Waals surface area contributed by atoms with Gasteiger partial charge in [0, 0.05) is 11.8 Å². The average Bonchev–Trinajstić information content (AvgIpc) is 2.82. The van der Waals surface area contributed by atoms with E-state index in [0.717, 1.165) is 6.26 Å². The Labute approximate surface area is 119 Å². The van der Waals surface area contributed by atoms with Crippen LogP contribution >= 0.6 is 0 Å². The van der Waals surface area contributed by atoms with Crippen LogP contribution in [0.15, 0.2) is 34.0 Å². The summed E-state index contributed by atoms with van der Waals surface area (Å²) in [7, 11) is -3.25. The number of anilines is 1. The van der Waals surface area contributed by atoms with Crippen molar-refractivity contribution >= 4 is 26.9 Å². The Morgan fingerprint density at radius 2 is 1.76 bits per heavy atom. The van der Waals surface area contributed by atoms with E-state index in [1.165, 1.54) is 12.1 Å². The molecule has 21 heavy (non-hydrogen) atoms. The molecule has 3 rings (SSSR count). The molecule has 0 bridgehead atoms. The van der Waals surface area contributed by atoms with Gasteiger partial charge in [0.25, 0.3) is 5.56 Å². The molecule has 0 fully saturated rings. The van der Waals surface area contributed by atoms with Gasteiger partial charge in [-0.3, -0.25) is 9.78 Å². The van der Waals surface area contributed by atoms with Gasteiger partial charge in [0.15, 0.2) is 21.0 Å². The number of hydrogen-bond acceptors (Lipinski definition) is 6. The number of imidazole rings is 1. The molecule has 4 N–H and O–H groups in total. The quantitative estimate of drug-likeness (QED) is 0.623. The summed E-state index contributed by atoms with van der Waals surface area (Å²) in [5.41, 5.74) is 6.10. The molecule has 108 valence electrons. The summed E-state index contributed by atoms with van der Waals surface area (Å²) < 4.78 is 22.8. The molecule has 0 radical (unpaired) electrons. The number of nitrogens with zero attached hydrogens (tertiary/aromatic N) is 2. The van der Waals surface area contributed by atoms with Crippen molar-refractivity contribution in [2.45, 2.75) is 4.90 Å². The van der Waals surface area contributed by atoms with Crippen molar-refractivity contribution in [3.05, 3.63) is 34.6 Å². The number of aromatic amines is 2. The van der Waals surface area contributed by atoms with Crippen LogP contribution in [-0.4, -0.2) is 34.6 Å². The second kappa shape index (κ2) is 4.42. The third-order valence-electron chi connectivity index (χ3n) is 2.94. The van der Waals surface area contributed by atoms with Gasteiger partial charge in [-0.2, -0.15) is 4.98 Å². The molecule has 0 aliphatic carbocycles. The Morgan fingerprint density at radius 3 is 2.38 bits per heavy atom. The van der Waals surface area contributed by atoms with E-state index in [9.17, 15) is 13.2 Å². The summed E-state index contributed by atoms with van der Waals surface area (Å²) in [6.07, 6.45) is 1.13. The van der Waals surface area contributed by atoms with Crippen LogP contribution in [0.2, 0.25) is 0 Å². The number of sulfone groups is 1. The molecule has 8 nitrogen and oxygen atoms in total. The van der Waals surface area contributed by atoms with Crippen molar-refractivity contribution in [2.24, 2.45) is 0 Å². The van der Waals surface area contributed by atoms with Crippen molar-refractivity contribution < 1.29 is 8.42 Å². The average molecular weight is 305 g/mol. The highest BCUT2D eigenvalue weighted by Crippen LogP contribution is 2.20. The number of fused-ring (bicyclic) bond motifs is 1. The summed E-state index contributed by atoms with van der Waals surface area (Å²) in [5.74, 6) is 0.395. The van der Waals surface area contributed by atoms with E-state index >= 15 is 0 Å². The highest BCUT2D eigenvalue weighted by atomic mass is 32.2. The molecule has 0 saturated carbocycles. The Kier molecular flexibility index (Phi) is 2.80. The molecule has 1 aromatic carbocycles. The molecule has 0 unspecified atom stereocenters. The zero-order chi connectivity index (χ0) is 15.2. The first-order valence-electron chi connectivity index (χ1n) is 5.90. The molecule has 0 spiro atoms. The van der Waals surface area contributed by atoms with Gasteiger partial charge in [0.05, 0.1) is 4.90 Å². The third-order valence-corrected chi connectivity index (χ3v) is 4.06. The number of benzene rings is 1. The molecule has 3 aromatic rings. The maximum atomic E-state index is 11.7. The van der Waals surface area contributed by atoms with Crippen LogP contribution in [0.3, 0.4) is 0 Å². The van der Waals surface area contributed by atoms with E-state index < -0.39 is 15.4 Å². The van der Waals surface area contributed by atoms with Gasteiger partial charge in [0.1, 0.15) is 5.82 Å². The van der Waals surface area contributed by atoms with Crippen molar-refractivity contribution in [1.82, 2.24) is 19.9 Å². The molecule has 9 heteroatoms. The van der Waals surface area contributed by atoms with E-state index in [1.807, 2.05) is 0 Å². The molecular formula is C12H11N5O3S. The number of H-pyrrole nitrogens is 2. The highest BCUT2D eigenvalue weighted by molar-refractivity contribution is 7.90. The van der Waals surface area contributed by atoms with Gasteiger partial charge in [-0.1, -0.05) is 0 Å². The standard InChI is InChI=1S/C12H11N5O3S/c1-21(19,20)7-4-2-6(3-5-7)9-14-8-10(15-9)16-12(13)17-11(8)18/h2-5H,1H3,(H4,13,14,15,16,17,18). The molecule has 0 aliphatic rings. The van der Waals surface area contributed by atoms with E-state index in [-0.39, 0.29) is 22.0 Å². The Balaban J connectivity index is 2.13. The fourth-order valence-electron chi connectivity index (χ4n) is 1.92. The van der Waals surface area contributed by atoms with Crippen LogP contribution in [0.5, 0.6) is 0 Å². The number of nitrogens with one attached hydrogen (secondary N) is 2. The van der Waals surface area contributed by atoms with Crippen molar-refractivity contribution in [3.63, 3.8) is 0 Å². The molecule has 0 atom stereocenters. The summed E-state index contributed by atoms with van der Waals surface area (Å²) in [5, 5.41) is 0. The molecule has 0 saturated heterocycles. The lowest BCUT2D eigenvalue weighted by atomic mass is 10.2. The summed E-state index contributed by atoms with van der Waals surface area (Å²) in [6.45, 7) is 0. The maximum absolute atomic E-state index is 11.7. The lowest BCUT2D eigenvalue weighted by Gasteiger charge is -1.99. The Bertz CT molecular complexity index is 986. The van der Waals surface area contributed by atoms with Crippen LogP contribution in [0, 0.1) is 0 Å². The van der Waals surface area contributed by atoms with Gasteiger partial charge in [-0.15, -0.1) is 0 Å². The maximum Gasteiger partial charge on any atom is 0.278 e. The van der Waals surface area contributed by atoms with Gasteiger partial charge in [-0.05, 0) is 24.3 Å². The molecule has 0 aliphatic heterocycles. The molecular weight excluding hydrogens is 294 g/mol. The van der Waals surface area contributed by atoms with Gasteiger partial charge in [0.2, 0.25) is 5.95 Å². The van der Waals surface area contributed by atoms with Gasteiger partial charge in [-0.25, -0.2) is 13.4 Å². The minimum Gasteiger partial charge on any atom is -0.369 e. The molecule has 2 aromatic heterocycles. The first-order chi connectivity index (χ1) is 9.84. The predicted molar refractivity (Wildman–Crippen MR) is 77.5 cm³/mol. The number of rotatable bonds is 2. The van der Waals surface area contributed by atoms with E-state index in [2.05, 4.69) is 19.9 Å². The molecule has 2 heterocycles. The van der Waals surface area contributed by atoms with Gasteiger partial charge >= 0.3 is 0 Å². The topological polar surface area (TPSA) is 135 Å². The lowest BCUT2D eigenvalue weighted by molar-refractivity contribution is 0.602. The minimum absolute atomic E-state index is 0.0158. The first kappa shape index (κ1) is 13.3. The van der Waals surface area contributed by atoms with Crippen LogP contribution in [0.1, 0.15) is 0 Å². The van der Waals surface area contributed by atoms with Crippen molar-refractivity contribution in [2.75, 3.05) is 12.0 Å². The van der Waals surface area contributed by atoms with Crippen LogP contribution in [0.4, 0.5) is 5.95 Å². The van der Waals surface area contributed by atoms with Crippen molar-refractivity contribution in [3.8, 4) is 11.4 Å². The smallest absolute Gasteiger partial charge is 0.278 e. The van der Waals surface area contributed by atoms with Crippen LogP contribution in [0.25, 0.3) is 22.6 Å². The van der Waals surface area contributed by atoms with Crippen molar-refractivity contribution in [1.29, 1.82) is 0 Å². The van der Waals surface area contributed by atoms with E-state index in [4.69, 9.17) is 5.73 Å². The molecule has 0 amide bonds. The predicted octanol–water partition coefficient (Wildman–Crippen LogP) is 0.299. The van der Waals surface area contributed by atoms with Gasteiger partial charge < -0.3 is 10.7 Å². The fourth-order valence-corrected chi connectivity index (χ4v) is 2.55. The highest BCUT2D eigenvalue weighted by Gasteiger charge is 2.12.